The van der Waals surface area contributed by atoms with Crippen LogP contribution in [0.2, 0.25) is 0 Å². The molecule has 0 bridgehead atoms. The average Bonchev–Trinajstić information content (AvgIpc) is 2.75. The first-order valence-corrected chi connectivity index (χ1v) is 5.56. The number of imide groups is 1. The molecule has 1 fully saturated rings. The highest BCUT2D eigenvalue weighted by Crippen LogP contribution is 2.11. The normalized spacial score (nSPS) is 20.8. The summed E-state index contributed by atoms with van der Waals surface area (Å²) in [6.45, 7) is 1.47. The fraction of sp³-hybridized carbons (Fsp3) is 0.333. The smallest absolute Gasteiger partial charge is 0.274 e. The molecule has 2 heterocycles. The molecule has 1 aromatic heterocycles. The third-order valence-corrected chi connectivity index (χ3v) is 2.92. The topological polar surface area (TPSA) is 79.4 Å². The number of piperazine rings is 1. The van der Waals surface area contributed by atoms with Crippen LogP contribution in [0.25, 0.3) is 0 Å². The van der Waals surface area contributed by atoms with Crippen molar-refractivity contribution in [3.05, 3.63) is 16.6 Å². The van der Waals surface area contributed by atoms with Crippen molar-refractivity contribution < 1.29 is 14.4 Å². The van der Waals surface area contributed by atoms with Crippen molar-refractivity contribution in [3.63, 3.8) is 0 Å². The lowest BCUT2D eigenvalue weighted by molar-refractivity contribution is -0.138. The summed E-state index contributed by atoms with van der Waals surface area (Å²) in [6, 6.07) is -0.646. The van der Waals surface area contributed by atoms with Crippen LogP contribution < -0.4 is 5.32 Å². The van der Waals surface area contributed by atoms with E-state index in [1.165, 1.54) is 21.7 Å². The SMILES string of the molecule is CC1C(=O)NC(=O)CN1C(=O)c1cscn1. The lowest BCUT2D eigenvalue weighted by Gasteiger charge is -2.30. The number of hydrogen-bond donors (Lipinski definition) is 1. The van der Waals surface area contributed by atoms with Crippen molar-refractivity contribution in [2.45, 2.75) is 13.0 Å². The summed E-state index contributed by atoms with van der Waals surface area (Å²) in [4.78, 5) is 39.5. The molecule has 7 heteroatoms. The Hall–Kier alpha value is -1.76. The van der Waals surface area contributed by atoms with E-state index in [-0.39, 0.29) is 12.2 Å². The van der Waals surface area contributed by atoms with E-state index in [0.29, 0.717) is 0 Å². The zero-order chi connectivity index (χ0) is 11.7. The highest BCUT2D eigenvalue weighted by molar-refractivity contribution is 7.07. The van der Waals surface area contributed by atoms with Crippen molar-refractivity contribution in [3.8, 4) is 0 Å². The van der Waals surface area contributed by atoms with Crippen LogP contribution in [0.4, 0.5) is 0 Å². The Balaban J connectivity index is 2.23. The van der Waals surface area contributed by atoms with Crippen LogP contribution in [-0.4, -0.2) is 40.2 Å². The number of aromatic nitrogens is 1. The Kier molecular flexibility index (Phi) is 2.69. The second kappa shape index (κ2) is 4.01. The molecular weight excluding hydrogens is 230 g/mol. The van der Waals surface area contributed by atoms with Crippen molar-refractivity contribution >= 4 is 29.1 Å². The lowest BCUT2D eigenvalue weighted by atomic mass is 10.2. The molecule has 1 unspecified atom stereocenters. The summed E-state index contributed by atoms with van der Waals surface area (Å²) >= 11 is 1.29. The van der Waals surface area contributed by atoms with E-state index in [1.54, 1.807) is 12.3 Å². The van der Waals surface area contributed by atoms with E-state index in [4.69, 9.17) is 0 Å². The lowest BCUT2D eigenvalue weighted by Crippen LogP contribution is -2.58. The van der Waals surface area contributed by atoms with Gasteiger partial charge in [0, 0.05) is 5.38 Å². The van der Waals surface area contributed by atoms with Gasteiger partial charge in [-0.2, -0.15) is 0 Å². The summed E-state index contributed by atoms with van der Waals surface area (Å²) in [5.41, 5.74) is 1.79. The molecule has 0 aliphatic carbocycles. The molecule has 2 rings (SSSR count). The highest BCUT2D eigenvalue weighted by Gasteiger charge is 2.34. The molecule has 0 saturated carbocycles. The Bertz CT molecular complexity index is 443. The van der Waals surface area contributed by atoms with Gasteiger partial charge >= 0.3 is 0 Å². The van der Waals surface area contributed by atoms with Gasteiger partial charge in [0.2, 0.25) is 11.8 Å². The molecule has 6 nitrogen and oxygen atoms in total. The number of thiazole rings is 1. The molecule has 0 radical (unpaired) electrons. The highest BCUT2D eigenvalue weighted by atomic mass is 32.1. The van der Waals surface area contributed by atoms with Crippen LogP contribution >= 0.6 is 11.3 Å². The summed E-state index contributed by atoms with van der Waals surface area (Å²) in [5, 5.41) is 3.76. The standard InChI is InChI=1S/C9H9N3O3S/c1-5-8(14)11-7(13)2-12(5)9(15)6-3-16-4-10-6/h3-5H,2H2,1H3,(H,11,13,14). The minimum atomic E-state index is -0.646. The first-order chi connectivity index (χ1) is 7.59. The van der Waals surface area contributed by atoms with Crippen molar-refractivity contribution in [1.82, 2.24) is 15.2 Å². The minimum Gasteiger partial charge on any atom is -0.316 e. The third-order valence-electron chi connectivity index (χ3n) is 2.34. The van der Waals surface area contributed by atoms with Gasteiger partial charge in [0.1, 0.15) is 18.3 Å². The predicted octanol–water partition coefficient (Wildman–Crippen LogP) is -0.370. The zero-order valence-corrected chi connectivity index (χ0v) is 9.28. The molecule has 84 valence electrons. The summed E-state index contributed by atoms with van der Waals surface area (Å²) in [6.07, 6.45) is 0. The quantitative estimate of drug-likeness (QED) is 0.678. The number of amides is 3. The van der Waals surface area contributed by atoms with E-state index in [9.17, 15) is 14.4 Å². The number of carbonyl (C=O) groups is 3. The molecule has 16 heavy (non-hydrogen) atoms. The van der Waals surface area contributed by atoms with E-state index >= 15 is 0 Å². The Labute approximate surface area is 95.3 Å². The zero-order valence-electron chi connectivity index (χ0n) is 8.47. The number of nitrogens with one attached hydrogen (secondary N) is 1. The maximum atomic E-state index is 11.9. The molecule has 1 N–H and O–H groups in total. The van der Waals surface area contributed by atoms with Gasteiger partial charge in [-0.1, -0.05) is 0 Å². The molecule has 0 aromatic carbocycles. The predicted molar refractivity (Wildman–Crippen MR) is 55.8 cm³/mol. The first kappa shape index (κ1) is 10.7. The number of hydrogen-bond acceptors (Lipinski definition) is 5. The van der Waals surface area contributed by atoms with Crippen LogP contribution in [0.5, 0.6) is 0 Å². The van der Waals surface area contributed by atoms with Gasteiger partial charge in [-0.05, 0) is 6.92 Å². The van der Waals surface area contributed by atoms with E-state index in [2.05, 4.69) is 10.3 Å². The molecule has 1 aromatic rings. The number of rotatable bonds is 1. The first-order valence-electron chi connectivity index (χ1n) is 4.62. The molecule has 1 aliphatic heterocycles. The third kappa shape index (κ3) is 1.81. The van der Waals surface area contributed by atoms with Crippen molar-refractivity contribution in [2.75, 3.05) is 6.54 Å². The number of nitrogens with zero attached hydrogens (tertiary/aromatic N) is 2. The van der Waals surface area contributed by atoms with Crippen LogP contribution in [-0.2, 0) is 9.59 Å². The monoisotopic (exact) mass is 239 g/mol. The second-order valence-corrected chi connectivity index (χ2v) is 4.11. The van der Waals surface area contributed by atoms with Gasteiger partial charge in [-0.15, -0.1) is 11.3 Å². The fourth-order valence-corrected chi connectivity index (χ4v) is 1.95. The fourth-order valence-electron chi connectivity index (χ4n) is 1.43. The minimum absolute atomic E-state index is 0.108. The maximum Gasteiger partial charge on any atom is 0.274 e. The summed E-state index contributed by atoms with van der Waals surface area (Å²) < 4.78 is 0. The van der Waals surface area contributed by atoms with E-state index in [0.717, 1.165) is 0 Å². The van der Waals surface area contributed by atoms with Gasteiger partial charge in [0.05, 0.1) is 5.51 Å². The van der Waals surface area contributed by atoms with Gasteiger partial charge in [-0.25, -0.2) is 4.98 Å². The molecule has 0 spiro atoms. The van der Waals surface area contributed by atoms with Crippen LogP contribution in [0.1, 0.15) is 17.4 Å². The Morgan fingerprint density at radius 3 is 3.00 bits per heavy atom. The summed E-state index contributed by atoms with van der Waals surface area (Å²) in [5.74, 6) is -1.32. The summed E-state index contributed by atoms with van der Waals surface area (Å²) in [7, 11) is 0. The van der Waals surface area contributed by atoms with Crippen molar-refractivity contribution in [2.24, 2.45) is 0 Å². The molecule has 1 saturated heterocycles. The van der Waals surface area contributed by atoms with Crippen LogP contribution in [0, 0.1) is 0 Å². The Morgan fingerprint density at radius 2 is 2.38 bits per heavy atom. The van der Waals surface area contributed by atoms with Gasteiger partial charge in [0.15, 0.2) is 0 Å². The van der Waals surface area contributed by atoms with Crippen LogP contribution in [0.15, 0.2) is 10.9 Å². The average molecular weight is 239 g/mol. The molecule has 3 amide bonds. The number of carbonyl (C=O) groups excluding carboxylic acids is 3. The van der Waals surface area contributed by atoms with E-state index in [1.807, 2.05) is 0 Å². The largest absolute Gasteiger partial charge is 0.316 e. The Morgan fingerprint density at radius 1 is 1.62 bits per heavy atom. The van der Waals surface area contributed by atoms with Gasteiger partial charge in [-0.3, -0.25) is 19.7 Å². The van der Waals surface area contributed by atoms with Crippen LogP contribution in [0.3, 0.4) is 0 Å². The molecular formula is C9H9N3O3S. The van der Waals surface area contributed by atoms with Gasteiger partial charge in [0.25, 0.3) is 5.91 Å². The molecule has 1 atom stereocenters. The second-order valence-electron chi connectivity index (χ2n) is 3.40. The molecule has 1 aliphatic rings. The van der Waals surface area contributed by atoms with Gasteiger partial charge < -0.3 is 4.90 Å². The maximum absolute atomic E-state index is 11.9. The van der Waals surface area contributed by atoms with Crippen molar-refractivity contribution in [1.29, 1.82) is 0 Å². The van der Waals surface area contributed by atoms with E-state index < -0.39 is 23.8 Å².